The first kappa shape index (κ1) is 28.0. The molecule has 196 valence electrons. The maximum absolute atomic E-state index is 13.8. The minimum Gasteiger partial charge on any atom is -0.492 e. The lowest BCUT2D eigenvalue weighted by Gasteiger charge is -2.32. The van der Waals surface area contributed by atoms with Crippen molar-refractivity contribution in [2.75, 3.05) is 24.5 Å². The summed E-state index contributed by atoms with van der Waals surface area (Å²) in [6, 6.07) is 20.6. The number of benzene rings is 3. The van der Waals surface area contributed by atoms with Gasteiger partial charge in [0.25, 0.3) is 10.0 Å². The lowest BCUT2D eigenvalue weighted by Crippen LogP contribution is -2.50. The first-order valence-electron chi connectivity index (χ1n) is 11.7. The van der Waals surface area contributed by atoms with Crippen molar-refractivity contribution in [2.45, 2.75) is 31.3 Å². The monoisotopic (exact) mass is 543 g/mol. The van der Waals surface area contributed by atoms with Gasteiger partial charge in [0.15, 0.2) is 0 Å². The molecule has 0 aliphatic carbocycles. The average Bonchev–Trinajstić information content (AvgIpc) is 2.91. The van der Waals surface area contributed by atoms with Crippen LogP contribution in [0.4, 0.5) is 5.69 Å². The number of anilines is 1. The van der Waals surface area contributed by atoms with E-state index >= 15 is 0 Å². The Bertz CT molecular complexity index is 1330. The predicted octanol–water partition coefficient (Wildman–Crippen LogP) is 4.10. The lowest BCUT2D eigenvalue weighted by molar-refractivity contribution is -0.139. The minimum atomic E-state index is -4.18. The number of carbonyl (C=O) groups is 2. The molecule has 8 nitrogen and oxygen atoms in total. The number of nitrogens with zero attached hydrogens (tertiary/aromatic N) is 2. The molecule has 10 heteroatoms. The number of nitrogens with one attached hydrogen (secondary N) is 1. The molecule has 0 bridgehead atoms. The summed E-state index contributed by atoms with van der Waals surface area (Å²) in [7, 11) is -2.70. The quantitative estimate of drug-likeness (QED) is 0.393. The van der Waals surface area contributed by atoms with Crippen LogP contribution in [0.25, 0.3) is 0 Å². The van der Waals surface area contributed by atoms with E-state index in [2.05, 4.69) is 5.32 Å². The lowest BCUT2D eigenvalue weighted by atomic mass is 10.1. The molecule has 0 aromatic heterocycles. The van der Waals surface area contributed by atoms with Crippen molar-refractivity contribution in [3.63, 3.8) is 0 Å². The van der Waals surface area contributed by atoms with Crippen LogP contribution < -0.4 is 14.4 Å². The highest BCUT2D eigenvalue weighted by Crippen LogP contribution is 2.33. The number of halogens is 1. The Morgan fingerprint density at radius 1 is 0.973 bits per heavy atom. The van der Waals surface area contributed by atoms with Gasteiger partial charge in [0.1, 0.15) is 18.3 Å². The molecule has 0 aliphatic heterocycles. The Balaban J connectivity index is 2.08. The van der Waals surface area contributed by atoms with Gasteiger partial charge in [0.2, 0.25) is 11.8 Å². The second kappa shape index (κ2) is 12.6. The number of rotatable bonds is 11. The normalized spacial score (nSPS) is 11.9. The van der Waals surface area contributed by atoms with Crippen LogP contribution in [-0.4, -0.2) is 51.4 Å². The Labute approximate surface area is 222 Å². The fourth-order valence-corrected chi connectivity index (χ4v) is 5.42. The van der Waals surface area contributed by atoms with Gasteiger partial charge in [0, 0.05) is 18.6 Å². The second-order valence-corrected chi connectivity index (χ2v) is 10.4. The highest BCUT2D eigenvalue weighted by molar-refractivity contribution is 7.92. The summed E-state index contributed by atoms with van der Waals surface area (Å²) in [5, 5.41) is 2.98. The van der Waals surface area contributed by atoms with Crippen LogP contribution in [0.3, 0.4) is 0 Å². The van der Waals surface area contributed by atoms with Gasteiger partial charge in [-0.25, -0.2) is 8.42 Å². The zero-order valence-electron chi connectivity index (χ0n) is 20.9. The number of likely N-dealkylation sites (N-methyl/N-ethyl adjacent to an activating group) is 1. The molecule has 0 radical (unpaired) electrons. The van der Waals surface area contributed by atoms with Crippen LogP contribution in [0.5, 0.6) is 5.75 Å². The summed E-state index contributed by atoms with van der Waals surface area (Å²) in [6.07, 6.45) is 0. The second-order valence-electron chi connectivity index (χ2n) is 8.13. The molecular formula is C27H30ClN3O5S. The Kier molecular flexibility index (Phi) is 9.54. The number of carbonyl (C=O) groups excluding carboxylic acids is 2. The van der Waals surface area contributed by atoms with Crippen molar-refractivity contribution >= 4 is 39.1 Å². The van der Waals surface area contributed by atoms with Crippen LogP contribution in [0, 0.1) is 0 Å². The minimum absolute atomic E-state index is 0.0133. The first-order valence-corrected chi connectivity index (χ1v) is 13.6. The molecule has 0 aliphatic rings. The molecule has 0 fully saturated rings. The van der Waals surface area contributed by atoms with Crippen LogP contribution in [-0.2, 0) is 26.2 Å². The molecule has 37 heavy (non-hydrogen) atoms. The average molecular weight is 544 g/mol. The van der Waals surface area contributed by atoms with Gasteiger partial charge < -0.3 is 15.0 Å². The smallest absolute Gasteiger partial charge is 0.264 e. The number of para-hydroxylation sites is 2. The molecule has 0 saturated carbocycles. The molecular weight excluding hydrogens is 514 g/mol. The Morgan fingerprint density at radius 2 is 1.59 bits per heavy atom. The van der Waals surface area contributed by atoms with Gasteiger partial charge in [0.05, 0.1) is 17.2 Å². The molecule has 3 rings (SSSR count). The number of hydrogen-bond acceptors (Lipinski definition) is 5. The fraction of sp³-hybridized carbons (Fsp3) is 0.259. The van der Waals surface area contributed by atoms with Crippen LogP contribution in [0.1, 0.15) is 19.4 Å². The molecule has 3 aromatic rings. The Morgan fingerprint density at radius 3 is 2.24 bits per heavy atom. The molecule has 1 unspecified atom stereocenters. The van der Waals surface area contributed by atoms with Gasteiger partial charge in [-0.1, -0.05) is 60.1 Å². The molecule has 2 amide bonds. The Hall–Kier alpha value is -3.56. The maximum atomic E-state index is 13.8. The van der Waals surface area contributed by atoms with Gasteiger partial charge in [-0.15, -0.1) is 0 Å². The van der Waals surface area contributed by atoms with Crippen LogP contribution in [0.2, 0.25) is 5.02 Å². The third-order valence-electron chi connectivity index (χ3n) is 5.76. The summed E-state index contributed by atoms with van der Waals surface area (Å²) >= 11 is 6.34. The number of sulfonamides is 1. The first-order chi connectivity index (χ1) is 17.7. The third kappa shape index (κ3) is 6.61. The SMILES string of the molecule is CCOc1ccccc1N(CC(=O)N(Cc1ccccc1Cl)C(C)C(=O)NC)S(=O)(=O)c1ccccc1. The molecule has 1 N–H and O–H groups in total. The van der Waals surface area contributed by atoms with Gasteiger partial charge in [-0.3, -0.25) is 13.9 Å². The third-order valence-corrected chi connectivity index (χ3v) is 7.90. The summed E-state index contributed by atoms with van der Waals surface area (Å²) < 4.78 is 34.4. The van der Waals surface area contributed by atoms with Crippen molar-refractivity contribution in [3.05, 3.63) is 89.4 Å². The highest BCUT2D eigenvalue weighted by Gasteiger charge is 2.33. The molecule has 3 aromatic carbocycles. The van der Waals surface area contributed by atoms with E-state index in [0.29, 0.717) is 22.9 Å². The fourth-order valence-electron chi connectivity index (χ4n) is 3.78. The van der Waals surface area contributed by atoms with Crippen molar-refractivity contribution in [1.82, 2.24) is 10.2 Å². The van der Waals surface area contributed by atoms with Crippen molar-refractivity contribution in [1.29, 1.82) is 0 Å². The van der Waals surface area contributed by atoms with E-state index in [4.69, 9.17) is 16.3 Å². The molecule has 1 atom stereocenters. The molecule has 0 heterocycles. The van der Waals surface area contributed by atoms with Crippen LogP contribution >= 0.6 is 11.6 Å². The predicted molar refractivity (Wildman–Crippen MR) is 144 cm³/mol. The topological polar surface area (TPSA) is 96.0 Å². The number of hydrogen-bond donors (Lipinski definition) is 1. The van der Waals surface area contributed by atoms with Crippen molar-refractivity contribution in [2.24, 2.45) is 0 Å². The summed E-state index contributed by atoms with van der Waals surface area (Å²) in [4.78, 5) is 27.7. The van der Waals surface area contributed by atoms with E-state index in [1.54, 1.807) is 80.6 Å². The summed E-state index contributed by atoms with van der Waals surface area (Å²) in [5.74, 6) is -0.663. The van der Waals surface area contributed by atoms with E-state index < -0.39 is 34.4 Å². The number of ether oxygens (including phenoxy) is 1. The summed E-state index contributed by atoms with van der Waals surface area (Å²) in [6.45, 7) is 3.12. The van der Waals surface area contributed by atoms with Crippen molar-refractivity contribution in [3.8, 4) is 5.75 Å². The van der Waals surface area contributed by atoms with Gasteiger partial charge in [-0.05, 0) is 49.7 Å². The van der Waals surface area contributed by atoms with E-state index in [-0.39, 0.29) is 17.1 Å². The van der Waals surface area contributed by atoms with Crippen molar-refractivity contribution < 1.29 is 22.7 Å². The summed E-state index contributed by atoms with van der Waals surface area (Å²) in [5.41, 5.74) is 0.840. The maximum Gasteiger partial charge on any atom is 0.264 e. The zero-order valence-corrected chi connectivity index (χ0v) is 22.5. The highest BCUT2D eigenvalue weighted by atomic mass is 35.5. The molecule has 0 spiro atoms. The molecule has 0 saturated heterocycles. The van der Waals surface area contributed by atoms with E-state index in [0.717, 1.165) is 4.31 Å². The van der Waals surface area contributed by atoms with E-state index in [1.807, 2.05) is 0 Å². The largest absolute Gasteiger partial charge is 0.492 e. The van der Waals surface area contributed by atoms with Gasteiger partial charge in [-0.2, -0.15) is 0 Å². The number of amides is 2. The van der Waals surface area contributed by atoms with Gasteiger partial charge >= 0.3 is 0 Å². The standard InChI is InChI=1S/C27H30ClN3O5S/c1-4-36-25-17-11-10-16-24(25)31(37(34,35)22-13-6-5-7-14-22)19-26(32)30(20(2)27(33)29-3)18-21-12-8-9-15-23(21)28/h5-17,20H,4,18-19H2,1-3H3,(H,29,33). The van der Waals surface area contributed by atoms with Crippen LogP contribution in [0.15, 0.2) is 83.8 Å². The zero-order chi connectivity index (χ0) is 27.0. The van der Waals surface area contributed by atoms with E-state index in [9.17, 15) is 18.0 Å². The van der Waals surface area contributed by atoms with E-state index in [1.165, 1.54) is 24.1 Å².